The molecule has 1 aromatic heterocycles. The van der Waals surface area contributed by atoms with Gasteiger partial charge in [0.05, 0.1) is 14.9 Å². The summed E-state index contributed by atoms with van der Waals surface area (Å²) in [5, 5.41) is 4.55. The Morgan fingerprint density at radius 1 is 1.37 bits per heavy atom. The highest BCUT2D eigenvalue weighted by Crippen LogP contribution is 2.37. The fraction of sp³-hybridized carbons (Fsp3) is 0.154. The number of thiophene rings is 1. The predicted molar refractivity (Wildman–Crippen MR) is 80.3 cm³/mol. The van der Waals surface area contributed by atoms with Crippen LogP contribution in [0.4, 0.5) is 5.69 Å². The van der Waals surface area contributed by atoms with Gasteiger partial charge in [0.2, 0.25) is 0 Å². The zero-order chi connectivity index (χ0) is 13.4. The fourth-order valence-electron chi connectivity index (χ4n) is 1.91. The number of nitrogens with one attached hydrogen (secondary N) is 1. The largest absolute Gasteiger partial charge is 0.482 e. The summed E-state index contributed by atoms with van der Waals surface area (Å²) < 4.78 is 6.36. The molecule has 0 saturated carbocycles. The summed E-state index contributed by atoms with van der Waals surface area (Å²) in [5.41, 5.74) is 2.63. The first-order chi connectivity index (χ1) is 9.13. The number of ether oxygens (including phenoxy) is 1. The Labute approximate surface area is 127 Å². The van der Waals surface area contributed by atoms with Gasteiger partial charge >= 0.3 is 0 Å². The number of carbonyl (C=O) groups excluding carboxylic acids is 1. The Balaban J connectivity index is 1.93. The number of halogens is 2. The number of benzene rings is 1. The van der Waals surface area contributed by atoms with Gasteiger partial charge in [-0.3, -0.25) is 4.79 Å². The van der Waals surface area contributed by atoms with Crippen molar-refractivity contribution in [2.24, 2.45) is 0 Å². The summed E-state index contributed by atoms with van der Waals surface area (Å²) in [7, 11) is 0. The molecule has 0 bridgehead atoms. The topological polar surface area (TPSA) is 38.3 Å². The average Bonchev–Trinajstić information content (AvgIpc) is 2.83. The van der Waals surface area contributed by atoms with Crippen LogP contribution < -0.4 is 10.1 Å². The molecule has 2 heterocycles. The fourth-order valence-corrected chi connectivity index (χ4v) is 3.45. The molecule has 1 N–H and O–H groups in total. The molecule has 0 radical (unpaired) electrons. The maximum absolute atomic E-state index is 11.3. The summed E-state index contributed by atoms with van der Waals surface area (Å²) in [5.74, 6) is 0.535. The monoisotopic (exact) mass is 357 g/mol. The van der Waals surface area contributed by atoms with Crippen LogP contribution in [0.5, 0.6) is 5.75 Å². The Hall–Kier alpha value is -1.04. The first-order valence-corrected chi connectivity index (χ1v) is 7.69. The van der Waals surface area contributed by atoms with Gasteiger partial charge in [0, 0.05) is 0 Å². The van der Waals surface area contributed by atoms with Crippen LogP contribution in [-0.4, -0.2) is 12.5 Å². The van der Waals surface area contributed by atoms with Crippen molar-refractivity contribution < 1.29 is 9.53 Å². The van der Waals surface area contributed by atoms with Gasteiger partial charge in [-0.15, -0.1) is 22.9 Å². The van der Waals surface area contributed by atoms with Crippen LogP contribution in [0.25, 0.3) is 0 Å². The van der Waals surface area contributed by atoms with E-state index in [1.165, 1.54) is 0 Å². The van der Waals surface area contributed by atoms with E-state index >= 15 is 0 Å². The Bertz CT molecular complexity index is 643. The van der Waals surface area contributed by atoms with Crippen molar-refractivity contribution in [3.8, 4) is 5.75 Å². The molecule has 1 aromatic carbocycles. The minimum Gasteiger partial charge on any atom is -0.482 e. The second-order valence-electron chi connectivity index (χ2n) is 4.14. The SMILES string of the molecule is O=C1COc2ccc(C(Cl)c3csc(Br)c3)cc2N1. The van der Waals surface area contributed by atoms with Gasteiger partial charge in [0.1, 0.15) is 5.75 Å². The maximum atomic E-state index is 11.3. The van der Waals surface area contributed by atoms with Crippen molar-refractivity contribution in [3.63, 3.8) is 0 Å². The van der Waals surface area contributed by atoms with E-state index in [0.717, 1.165) is 14.9 Å². The van der Waals surface area contributed by atoms with E-state index in [2.05, 4.69) is 21.2 Å². The minimum absolute atomic E-state index is 0.0636. The molecule has 3 nitrogen and oxygen atoms in total. The van der Waals surface area contributed by atoms with Crippen molar-refractivity contribution in [1.82, 2.24) is 0 Å². The first kappa shape index (κ1) is 13.0. The lowest BCUT2D eigenvalue weighted by molar-refractivity contribution is -0.118. The average molecular weight is 359 g/mol. The second kappa shape index (κ2) is 5.15. The van der Waals surface area contributed by atoms with E-state index in [-0.39, 0.29) is 17.9 Å². The molecule has 1 amide bonds. The number of hydrogen-bond donors (Lipinski definition) is 1. The summed E-state index contributed by atoms with van der Waals surface area (Å²) >= 11 is 11.5. The molecule has 98 valence electrons. The van der Waals surface area contributed by atoms with Crippen LogP contribution in [0.3, 0.4) is 0 Å². The van der Waals surface area contributed by atoms with Crippen LogP contribution in [-0.2, 0) is 4.79 Å². The highest BCUT2D eigenvalue weighted by molar-refractivity contribution is 9.11. The normalized spacial score (nSPS) is 15.4. The lowest BCUT2D eigenvalue weighted by Crippen LogP contribution is -2.25. The first-order valence-electron chi connectivity index (χ1n) is 5.58. The van der Waals surface area contributed by atoms with E-state index < -0.39 is 0 Å². The van der Waals surface area contributed by atoms with Crippen LogP contribution in [0, 0.1) is 0 Å². The van der Waals surface area contributed by atoms with Crippen molar-refractivity contribution in [3.05, 3.63) is 44.6 Å². The summed E-state index contributed by atoms with van der Waals surface area (Å²) in [6.07, 6.45) is 0. The molecule has 1 aliphatic heterocycles. The van der Waals surface area contributed by atoms with E-state index in [0.29, 0.717) is 11.4 Å². The minimum atomic E-state index is -0.244. The summed E-state index contributed by atoms with van der Waals surface area (Å²) in [6.45, 7) is 0.0636. The van der Waals surface area contributed by atoms with Gasteiger partial charge in [-0.1, -0.05) is 6.07 Å². The number of rotatable bonds is 2. The van der Waals surface area contributed by atoms with Crippen molar-refractivity contribution in [1.29, 1.82) is 0 Å². The van der Waals surface area contributed by atoms with Crippen molar-refractivity contribution in [2.45, 2.75) is 5.38 Å². The Morgan fingerprint density at radius 2 is 2.21 bits per heavy atom. The molecular weight excluding hydrogens is 350 g/mol. The van der Waals surface area contributed by atoms with Crippen molar-refractivity contribution >= 4 is 50.5 Å². The predicted octanol–water partition coefficient (Wildman–Crippen LogP) is 4.17. The highest BCUT2D eigenvalue weighted by Gasteiger charge is 2.19. The smallest absolute Gasteiger partial charge is 0.262 e. The molecule has 1 aliphatic rings. The van der Waals surface area contributed by atoms with Gasteiger partial charge in [0.15, 0.2) is 6.61 Å². The van der Waals surface area contributed by atoms with Crippen LogP contribution in [0.15, 0.2) is 33.4 Å². The van der Waals surface area contributed by atoms with E-state index in [4.69, 9.17) is 16.3 Å². The van der Waals surface area contributed by atoms with E-state index in [1.54, 1.807) is 11.3 Å². The number of alkyl halides is 1. The molecule has 1 unspecified atom stereocenters. The summed E-state index contributed by atoms with van der Waals surface area (Å²) in [4.78, 5) is 11.3. The van der Waals surface area contributed by atoms with Gasteiger partial charge < -0.3 is 10.1 Å². The van der Waals surface area contributed by atoms with Gasteiger partial charge in [-0.05, 0) is 50.6 Å². The zero-order valence-corrected chi connectivity index (χ0v) is 12.8. The summed E-state index contributed by atoms with van der Waals surface area (Å²) in [6, 6.07) is 7.60. The number of amides is 1. The third-order valence-electron chi connectivity index (χ3n) is 2.81. The van der Waals surface area contributed by atoms with Crippen LogP contribution in [0.2, 0.25) is 0 Å². The molecule has 0 aliphatic carbocycles. The number of fused-ring (bicyclic) bond motifs is 1. The van der Waals surface area contributed by atoms with Crippen LogP contribution >= 0.6 is 38.9 Å². The van der Waals surface area contributed by atoms with E-state index in [1.807, 2.05) is 29.6 Å². The lowest BCUT2D eigenvalue weighted by Gasteiger charge is -2.19. The molecule has 0 spiro atoms. The van der Waals surface area contributed by atoms with Gasteiger partial charge in [0.25, 0.3) is 5.91 Å². The molecular formula is C13H9BrClNO2S. The van der Waals surface area contributed by atoms with Crippen LogP contribution in [0.1, 0.15) is 16.5 Å². The third-order valence-corrected chi connectivity index (χ3v) is 4.84. The molecule has 6 heteroatoms. The van der Waals surface area contributed by atoms with E-state index in [9.17, 15) is 4.79 Å². The van der Waals surface area contributed by atoms with Crippen molar-refractivity contribution in [2.75, 3.05) is 11.9 Å². The standard InChI is InChI=1S/C13H9BrClNO2S/c14-11-4-8(6-19-11)13(15)7-1-2-10-9(3-7)16-12(17)5-18-10/h1-4,6,13H,5H2,(H,16,17). The number of carbonyl (C=O) groups is 1. The molecule has 0 fully saturated rings. The quantitative estimate of drug-likeness (QED) is 0.818. The Morgan fingerprint density at radius 3 is 2.95 bits per heavy atom. The zero-order valence-electron chi connectivity index (χ0n) is 9.65. The third kappa shape index (κ3) is 2.63. The number of anilines is 1. The molecule has 1 atom stereocenters. The molecule has 0 saturated heterocycles. The van der Waals surface area contributed by atoms with Gasteiger partial charge in [-0.2, -0.15) is 0 Å². The maximum Gasteiger partial charge on any atom is 0.262 e. The molecule has 2 aromatic rings. The molecule has 3 rings (SSSR count). The highest BCUT2D eigenvalue weighted by atomic mass is 79.9. The molecule has 19 heavy (non-hydrogen) atoms. The lowest BCUT2D eigenvalue weighted by atomic mass is 10.1. The number of hydrogen-bond acceptors (Lipinski definition) is 3. The second-order valence-corrected chi connectivity index (χ2v) is 6.87. The Kier molecular flexibility index (Phi) is 3.52. The van der Waals surface area contributed by atoms with Gasteiger partial charge in [-0.25, -0.2) is 0 Å².